The molecule has 0 unspecified atom stereocenters. The van der Waals surface area contributed by atoms with Crippen LogP contribution in [0, 0.1) is 11.8 Å². The van der Waals surface area contributed by atoms with Crippen LogP contribution in [0.3, 0.4) is 0 Å². The number of anilines is 1. The van der Waals surface area contributed by atoms with Crippen LogP contribution in [-0.2, 0) is 17.1 Å². The minimum atomic E-state index is -5.00. The van der Waals surface area contributed by atoms with Crippen LogP contribution in [0.2, 0.25) is 0 Å². The molecule has 0 radical (unpaired) electrons. The zero-order valence-electron chi connectivity index (χ0n) is 19.4. The first-order chi connectivity index (χ1) is 16.4. The van der Waals surface area contributed by atoms with Gasteiger partial charge in [0.05, 0.1) is 17.0 Å². The van der Waals surface area contributed by atoms with Gasteiger partial charge in [-0.15, -0.1) is 0 Å². The molecule has 196 valence electrons. The summed E-state index contributed by atoms with van der Waals surface area (Å²) in [6, 6.07) is 0.207. The summed E-state index contributed by atoms with van der Waals surface area (Å²) in [6.07, 6.45) is -4.75. The maximum absolute atomic E-state index is 13.0. The average Bonchev–Trinajstić information content (AvgIpc) is 2.81. The van der Waals surface area contributed by atoms with Gasteiger partial charge in [-0.05, 0) is 56.8 Å². The van der Waals surface area contributed by atoms with Gasteiger partial charge in [0, 0.05) is 31.4 Å². The summed E-state index contributed by atoms with van der Waals surface area (Å²) in [5, 5.41) is 7.81. The lowest BCUT2D eigenvalue weighted by Gasteiger charge is -2.38. The molecule has 0 bridgehead atoms. The summed E-state index contributed by atoms with van der Waals surface area (Å²) in [7, 11) is 1.86. The van der Waals surface area contributed by atoms with E-state index < -0.39 is 35.2 Å². The van der Waals surface area contributed by atoms with Gasteiger partial charge >= 0.3 is 18.4 Å². The Bertz CT molecular complexity index is 865. The number of likely N-dealkylation sites (tertiary alicyclic amines) is 1. The Morgan fingerprint density at radius 1 is 0.914 bits per heavy atom. The number of urea groups is 1. The second kappa shape index (κ2) is 11.0. The quantitative estimate of drug-likeness (QED) is 0.498. The second-order valence-corrected chi connectivity index (χ2v) is 9.18. The number of rotatable bonds is 5. The van der Waals surface area contributed by atoms with Gasteiger partial charge in [-0.3, -0.25) is 4.79 Å². The van der Waals surface area contributed by atoms with E-state index in [1.807, 2.05) is 11.9 Å². The lowest BCUT2D eigenvalue weighted by molar-refractivity contribution is -0.143. The van der Waals surface area contributed by atoms with Crippen molar-refractivity contribution in [3.63, 3.8) is 0 Å². The molecule has 3 N–H and O–H groups in total. The predicted octanol–water partition coefficient (Wildman–Crippen LogP) is 4.86. The Kier molecular flexibility index (Phi) is 8.55. The van der Waals surface area contributed by atoms with Crippen LogP contribution in [-0.4, -0.2) is 49.6 Å². The van der Waals surface area contributed by atoms with E-state index in [-0.39, 0.29) is 36.4 Å². The molecule has 2 fully saturated rings. The van der Waals surface area contributed by atoms with Gasteiger partial charge in [-0.25, -0.2) is 4.79 Å². The second-order valence-electron chi connectivity index (χ2n) is 9.18. The normalized spacial score (nSPS) is 22.1. The summed E-state index contributed by atoms with van der Waals surface area (Å²) in [5.74, 6) is 0.143. The van der Waals surface area contributed by atoms with Crippen LogP contribution in [0.25, 0.3) is 0 Å². The molecule has 3 amide bonds. The molecule has 3 rings (SSSR count). The van der Waals surface area contributed by atoms with E-state index >= 15 is 0 Å². The number of carbonyl (C=O) groups excluding carboxylic acids is 2. The summed E-state index contributed by atoms with van der Waals surface area (Å²) in [6.45, 7) is 1.28. The molecule has 1 saturated carbocycles. The van der Waals surface area contributed by atoms with E-state index in [0.717, 1.165) is 25.7 Å². The molecule has 35 heavy (non-hydrogen) atoms. The lowest BCUT2D eigenvalue weighted by atomic mass is 9.83. The number of nitrogens with zero attached hydrogens (tertiary/aromatic N) is 1. The van der Waals surface area contributed by atoms with Crippen LogP contribution in [0.5, 0.6) is 0 Å². The standard InChI is InChI=1S/C23H30F6N4O2/c1-30-19-5-3-2-4-18(19)20(34)33-8-6-14(7-9-33)13-31-21(35)32-17-11-15(22(24,25)26)10-16(12-17)23(27,28)29/h10-12,14,18-19,30H,2-9,13H2,1H3,(H2,31,32,35)/t18-,19-/m1/s1. The SMILES string of the molecule is CN[C@@H]1CCCC[C@H]1C(=O)N1CCC(CNC(=O)Nc2cc(C(F)(F)F)cc(C(F)(F)F)c2)CC1. The van der Waals surface area contributed by atoms with Gasteiger partial charge in [0.25, 0.3) is 0 Å². The van der Waals surface area contributed by atoms with Crippen molar-refractivity contribution in [1.29, 1.82) is 0 Å². The number of alkyl halides is 6. The molecule has 0 aromatic heterocycles. The number of hydrogen-bond donors (Lipinski definition) is 3. The molecule has 2 atom stereocenters. The predicted molar refractivity (Wildman–Crippen MR) is 118 cm³/mol. The van der Waals surface area contributed by atoms with Gasteiger partial charge in [0.2, 0.25) is 5.91 Å². The van der Waals surface area contributed by atoms with E-state index in [2.05, 4.69) is 16.0 Å². The molecule has 6 nitrogen and oxygen atoms in total. The molecule has 1 saturated heterocycles. The van der Waals surface area contributed by atoms with E-state index in [0.29, 0.717) is 38.1 Å². The first kappa shape index (κ1) is 27.1. The van der Waals surface area contributed by atoms with Crippen LogP contribution >= 0.6 is 0 Å². The van der Waals surface area contributed by atoms with Crippen molar-refractivity contribution < 1.29 is 35.9 Å². The number of carbonyl (C=O) groups is 2. The highest BCUT2D eigenvalue weighted by atomic mass is 19.4. The maximum Gasteiger partial charge on any atom is 0.416 e. The molecular weight excluding hydrogens is 478 g/mol. The fourth-order valence-corrected chi connectivity index (χ4v) is 4.80. The largest absolute Gasteiger partial charge is 0.416 e. The number of halogens is 6. The maximum atomic E-state index is 13.0. The zero-order valence-corrected chi connectivity index (χ0v) is 19.4. The Hall–Kier alpha value is -2.50. The molecule has 2 aliphatic rings. The highest BCUT2D eigenvalue weighted by molar-refractivity contribution is 5.89. The van der Waals surface area contributed by atoms with Gasteiger partial charge in [0.1, 0.15) is 0 Å². The Morgan fingerprint density at radius 3 is 2.03 bits per heavy atom. The Morgan fingerprint density at radius 2 is 1.49 bits per heavy atom. The highest BCUT2D eigenvalue weighted by Gasteiger charge is 2.37. The average molecular weight is 509 g/mol. The third-order valence-corrected chi connectivity index (χ3v) is 6.78. The van der Waals surface area contributed by atoms with Crippen molar-refractivity contribution >= 4 is 17.6 Å². The smallest absolute Gasteiger partial charge is 0.342 e. The van der Waals surface area contributed by atoms with Crippen molar-refractivity contribution in [2.75, 3.05) is 32.0 Å². The van der Waals surface area contributed by atoms with Gasteiger partial charge in [0.15, 0.2) is 0 Å². The number of hydrogen-bond acceptors (Lipinski definition) is 3. The van der Waals surface area contributed by atoms with Gasteiger partial charge < -0.3 is 20.9 Å². The van der Waals surface area contributed by atoms with E-state index in [1.165, 1.54) is 0 Å². The number of nitrogens with one attached hydrogen (secondary N) is 3. The summed E-state index contributed by atoms with van der Waals surface area (Å²) in [4.78, 5) is 27.0. The molecule has 12 heteroatoms. The molecule has 1 aromatic rings. The van der Waals surface area contributed by atoms with Crippen LogP contribution in [0.1, 0.15) is 49.7 Å². The number of benzene rings is 1. The van der Waals surface area contributed by atoms with Crippen molar-refractivity contribution in [2.45, 2.75) is 56.9 Å². The third-order valence-electron chi connectivity index (χ3n) is 6.78. The topological polar surface area (TPSA) is 73.5 Å². The summed E-state index contributed by atoms with van der Waals surface area (Å²) in [5.41, 5.74) is -3.60. The first-order valence-electron chi connectivity index (χ1n) is 11.7. The zero-order chi connectivity index (χ0) is 25.8. The Labute approximate surface area is 199 Å². The van der Waals surface area contributed by atoms with Crippen molar-refractivity contribution in [1.82, 2.24) is 15.5 Å². The van der Waals surface area contributed by atoms with Gasteiger partial charge in [-0.1, -0.05) is 12.8 Å². The molecule has 1 aromatic carbocycles. The number of piperidine rings is 1. The lowest BCUT2D eigenvalue weighted by Crippen LogP contribution is -2.49. The fourth-order valence-electron chi connectivity index (χ4n) is 4.80. The van der Waals surface area contributed by atoms with Crippen molar-refractivity contribution in [3.05, 3.63) is 29.3 Å². The van der Waals surface area contributed by atoms with E-state index in [9.17, 15) is 35.9 Å². The molecule has 1 heterocycles. The highest BCUT2D eigenvalue weighted by Crippen LogP contribution is 2.37. The van der Waals surface area contributed by atoms with Crippen LogP contribution in [0.4, 0.5) is 36.8 Å². The van der Waals surface area contributed by atoms with E-state index in [1.54, 1.807) is 0 Å². The molecule has 1 aliphatic heterocycles. The number of amides is 3. The molecule has 1 aliphatic carbocycles. The van der Waals surface area contributed by atoms with Crippen molar-refractivity contribution in [2.24, 2.45) is 11.8 Å². The third kappa shape index (κ3) is 7.25. The summed E-state index contributed by atoms with van der Waals surface area (Å²) >= 11 is 0. The first-order valence-corrected chi connectivity index (χ1v) is 11.7. The Balaban J connectivity index is 1.51. The van der Waals surface area contributed by atoms with E-state index in [4.69, 9.17) is 0 Å². The van der Waals surface area contributed by atoms with Gasteiger partial charge in [-0.2, -0.15) is 26.3 Å². The fraction of sp³-hybridized carbons (Fsp3) is 0.652. The molecule has 0 spiro atoms. The van der Waals surface area contributed by atoms with Crippen LogP contribution < -0.4 is 16.0 Å². The minimum absolute atomic E-state index is 0.00422. The van der Waals surface area contributed by atoms with Crippen LogP contribution in [0.15, 0.2) is 18.2 Å². The molecular formula is C23H30F6N4O2. The van der Waals surface area contributed by atoms with Crippen molar-refractivity contribution in [3.8, 4) is 0 Å². The summed E-state index contributed by atoms with van der Waals surface area (Å²) < 4.78 is 77.9. The monoisotopic (exact) mass is 508 g/mol. The minimum Gasteiger partial charge on any atom is -0.342 e.